The Hall–Kier alpha value is -1.27. The summed E-state index contributed by atoms with van der Waals surface area (Å²) >= 11 is 3.37. The minimum Gasteiger partial charge on any atom is -0.322 e. The lowest BCUT2D eigenvalue weighted by molar-refractivity contribution is -0.113. The molecule has 0 saturated carbocycles. The van der Waals surface area contributed by atoms with Crippen molar-refractivity contribution in [1.29, 1.82) is 0 Å². The van der Waals surface area contributed by atoms with E-state index in [1.54, 1.807) is 23.1 Å². The van der Waals surface area contributed by atoms with Crippen LogP contribution < -0.4 is 5.32 Å². The number of nitrogens with zero attached hydrogens (tertiary/aromatic N) is 1. The molecule has 1 unspecified atom stereocenters. The van der Waals surface area contributed by atoms with Crippen molar-refractivity contribution in [3.8, 4) is 0 Å². The van der Waals surface area contributed by atoms with E-state index in [4.69, 9.17) is 0 Å². The molecule has 0 fully saturated rings. The van der Waals surface area contributed by atoms with Crippen molar-refractivity contribution in [1.82, 2.24) is 10.2 Å². The summed E-state index contributed by atoms with van der Waals surface area (Å²) in [5.74, 6) is 0.462. The number of aromatic nitrogens is 2. The van der Waals surface area contributed by atoms with Gasteiger partial charge in [0.05, 0.1) is 22.8 Å². The van der Waals surface area contributed by atoms with Gasteiger partial charge in [-0.05, 0) is 32.2 Å². The fourth-order valence-electron chi connectivity index (χ4n) is 1.72. The number of thiophene rings is 1. The van der Waals surface area contributed by atoms with E-state index < -0.39 is 0 Å². The molecular formula is C13H17N3OS2. The summed E-state index contributed by atoms with van der Waals surface area (Å²) < 4.78 is 0. The van der Waals surface area contributed by atoms with Crippen LogP contribution in [0.3, 0.4) is 0 Å². The molecule has 0 aliphatic rings. The van der Waals surface area contributed by atoms with E-state index in [2.05, 4.69) is 33.9 Å². The monoisotopic (exact) mass is 295 g/mol. The molecule has 2 heterocycles. The first-order valence-corrected chi connectivity index (χ1v) is 7.97. The maximum absolute atomic E-state index is 11.9. The van der Waals surface area contributed by atoms with Crippen LogP contribution in [0.4, 0.5) is 5.69 Å². The fourth-order valence-corrected chi connectivity index (χ4v) is 3.47. The van der Waals surface area contributed by atoms with Crippen molar-refractivity contribution in [3.05, 3.63) is 33.8 Å². The number of hydrogen-bond donors (Lipinski definition) is 2. The lowest BCUT2D eigenvalue weighted by Gasteiger charge is -2.09. The number of nitrogens with one attached hydrogen (secondary N) is 2. The molecule has 0 radical (unpaired) electrons. The van der Waals surface area contributed by atoms with Crippen LogP contribution in [0.15, 0.2) is 17.5 Å². The molecule has 2 N–H and O–H groups in total. The lowest BCUT2D eigenvalue weighted by Crippen LogP contribution is -2.15. The van der Waals surface area contributed by atoms with Crippen molar-refractivity contribution in [2.45, 2.75) is 26.0 Å². The largest absolute Gasteiger partial charge is 0.322 e. The topological polar surface area (TPSA) is 57.8 Å². The Morgan fingerprint density at radius 1 is 1.58 bits per heavy atom. The van der Waals surface area contributed by atoms with Crippen LogP contribution in [0, 0.1) is 13.8 Å². The van der Waals surface area contributed by atoms with E-state index in [-0.39, 0.29) is 5.91 Å². The van der Waals surface area contributed by atoms with Gasteiger partial charge in [-0.25, -0.2) is 0 Å². The Bertz CT molecular complexity index is 529. The van der Waals surface area contributed by atoms with Crippen LogP contribution in [0.1, 0.15) is 28.4 Å². The normalized spacial score (nSPS) is 12.4. The summed E-state index contributed by atoms with van der Waals surface area (Å²) in [5, 5.41) is 12.2. The number of aromatic amines is 1. The van der Waals surface area contributed by atoms with Gasteiger partial charge in [-0.15, -0.1) is 23.1 Å². The van der Waals surface area contributed by atoms with Gasteiger partial charge in [-0.3, -0.25) is 9.89 Å². The predicted molar refractivity (Wildman–Crippen MR) is 81.9 cm³/mol. The van der Waals surface area contributed by atoms with Crippen molar-refractivity contribution in [3.63, 3.8) is 0 Å². The summed E-state index contributed by atoms with van der Waals surface area (Å²) in [5.41, 5.74) is 2.51. The molecule has 1 atom stereocenters. The number of amides is 1. The van der Waals surface area contributed by atoms with Crippen LogP contribution in [0.5, 0.6) is 0 Å². The summed E-state index contributed by atoms with van der Waals surface area (Å²) in [7, 11) is 0. The Labute approximate surface area is 121 Å². The Morgan fingerprint density at radius 3 is 2.95 bits per heavy atom. The van der Waals surface area contributed by atoms with Crippen molar-refractivity contribution < 1.29 is 4.79 Å². The van der Waals surface area contributed by atoms with E-state index in [9.17, 15) is 4.79 Å². The first-order valence-electron chi connectivity index (χ1n) is 6.04. The second kappa shape index (κ2) is 6.25. The van der Waals surface area contributed by atoms with Gasteiger partial charge in [0.25, 0.3) is 0 Å². The zero-order valence-electron chi connectivity index (χ0n) is 11.2. The summed E-state index contributed by atoms with van der Waals surface area (Å²) in [6.07, 6.45) is 0. The minimum atomic E-state index is 0.0148. The first-order chi connectivity index (χ1) is 9.08. The highest BCUT2D eigenvalue weighted by Gasteiger charge is 2.13. The highest BCUT2D eigenvalue weighted by atomic mass is 32.2. The molecule has 6 heteroatoms. The molecule has 0 bridgehead atoms. The second-order valence-electron chi connectivity index (χ2n) is 4.33. The predicted octanol–water partition coefficient (Wildman–Crippen LogP) is 3.52. The van der Waals surface area contributed by atoms with Gasteiger partial charge in [0.15, 0.2) is 0 Å². The van der Waals surface area contributed by atoms with Gasteiger partial charge in [0, 0.05) is 10.1 Å². The molecule has 0 saturated heterocycles. The molecule has 0 aromatic carbocycles. The van der Waals surface area contributed by atoms with Gasteiger partial charge in [0.1, 0.15) is 0 Å². The van der Waals surface area contributed by atoms with E-state index in [0.717, 1.165) is 17.1 Å². The molecule has 4 nitrogen and oxygen atoms in total. The Balaban J connectivity index is 1.85. The Morgan fingerprint density at radius 2 is 2.37 bits per heavy atom. The smallest absolute Gasteiger partial charge is 0.234 e. The lowest BCUT2D eigenvalue weighted by atomic mass is 10.3. The molecule has 2 aromatic heterocycles. The molecule has 19 heavy (non-hydrogen) atoms. The average Bonchev–Trinajstić information content (AvgIpc) is 3.01. The first kappa shape index (κ1) is 14.1. The van der Waals surface area contributed by atoms with Crippen molar-refractivity contribution in [2.24, 2.45) is 0 Å². The van der Waals surface area contributed by atoms with E-state index in [1.165, 1.54) is 4.88 Å². The van der Waals surface area contributed by atoms with E-state index >= 15 is 0 Å². The number of carbonyl (C=O) groups excluding carboxylic acids is 1. The average molecular weight is 295 g/mol. The van der Waals surface area contributed by atoms with E-state index in [0.29, 0.717) is 11.0 Å². The number of hydrogen-bond acceptors (Lipinski definition) is 4. The molecule has 0 spiro atoms. The second-order valence-corrected chi connectivity index (χ2v) is 6.63. The molecule has 0 aliphatic heterocycles. The molecule has 2 aromatic rings. The zero-order chi connectivity index (χ0) is 13.8. The van der Waals surface area contributed by atoms with E-state index in [1.807, 2.05) is 19.9 Å². The van der Waals surface area contributed by atoms with Crippen LogP contribution >= 0.6 is 23.1 Å². The highest BCUT2D eigenvalue weighted by molar-refractivity contribution is 8.00. The number of H-pyrrole nitrogens is 1. The molecule has 1 amide bonds. The maximum Gasteiger partial charge on any atom is 0.234 e. The van der Waals surface area contributed by atoms with Crippen LogP contribution in [0.25, 0.3) is 0 Å². The third-order valence-corrected chi connectivity index (χ3v) is 5.19. The molecule has 0 aliphatic carbocycles. The SMILES string of the molecule is Cc1n[nH]c(C)c1NC(=O)CSC(C)c1cccs1. The Kier molecular flexibility index (Phi) is 4.66. The minimum absolute atomic E-state index is 0.0148. The van der Waals surface area contributed by atoms with Gasteiger partial charge < -0.3 is 5.32 Å². The van der Waals surface area contributed by atoms with Gasteiger partial charge in [-0.2, -0.15) is 5.10 Å². The number of thioether (sulfide) groups is 1. The fraction of sp³-hybridized carbons (Fsp3) is 0.385. The maximum atomic E-state index is 11.9. The number of rotatable bonds is 5. The summed E-state index contributed by atoms with van der Waals surface area (Å²) in [6.45, 7) is 5.90. The van der Waals surface area contributed by atoms with Crippen LogP contribution in [0.2, 0.25) is 0 Å². The zero-order valence-corrected chi connectivity index (χ0v) is 12.8. The number of anilines is 1. The van der Waals surface area contributed by atoms with Gasteiger partial charge in [-0.1, -0.05) is 6.07 Å². The van der Waals surface area contributed by atoms with Crippen molar-refractivity contribution in [2.75, 3.05) is 11.1 Å². The van der Waals surface area contributed by atoms with Gasteiger partial charge >= 0.3 is 0 Å². The molecule has 2 rings (SSSR count). The summed E-state index contributed by atoms with van der Waals surface area (Å²) in [6, 6.07) is 4.14. The van der Waals surface area contributed by atoms with Gasteiger partial charge in [0.2, 0.25) is 5.91 Å². The number of carbonyl (C=O) groups is 1. The van der Waals surface area contributed by atoms with Crippen LogP contribution in [-0.2, 0) is 4.79 Å². The molecule has 102 valence electrons. The standard InChI is InChI=1S/C13H17N3OS2/c1-8-13(9(2)16-15-8)14-12(17)7-19-10(3)11-5-4-6-18-11/h4-6,10H,7H2,1-3H3,(H,14,17)(H,15,16). The van der Waals surface area contributed by atoms with Crippen molar-refractivity contribution >= 4 is 34.7 Å². The third kappa shape index (κ3) is 3.61. The molecular weight excluding hydrogens is 278 g/mol. The highest BCUT2D eigenvalue weighted by Crippen LogP contribution is 2.31. The third-order valence-electron chi connectivity index (χ3n) is 2.80. The van der Waals surface area contributed by atoms with Crippen LogP contribution in [-0.4, -0.2) is 21.9 Å². The number of aryl methyl sites for hydroxylation is 2. The quantitative estimate of drug-likeness (QED) is 0.887. The summed E-state index contributed by atoms with van der Waals surface area (Å²) in [4.78, 5) is 13.2.